The second-order valence-corrected chi connectivity index (χ2v) is 6.40. The standard InChI is InChI=1S/C16H31N3O/c1-4-16-13-18(14(3)20)10-11-19(16)12-15-6-8-17(5-2)9-7-15/h15-16H,4-13H2,1-3H3/t16-/m1/s1. The molecule has 1 amide bonds. The fraction of sp³-hybridized carbons (Fsp3) is 0.938. The Hall–Kier alpha value is -0.610. The summed E-state index contributed by atoms with van der Waals surface area (Å²) in [5, 5.41) is 0. The van der Waals surface area contributed by atoms with E-state index in [0.717, 1.165) is 32.0 Å². The summed E-state index contributed by atoms with van der Waals surface area (Å²) in [6.45, 7) is 14.1. The monoisotopic (exact) mass is 281 g/mol. The molecule has 0 unspecified atom stereocenters. The number of piperidine rings is 1. The van der Waals surface area contributed by atoms with Gasteiger partial charge in [-0.15, -0.1) is 0 Å². The van der Waals surface area contributed by atoms with Crippen LogP contribution in [0.2, 0.25) is 0 Å². The van der Waals surface area contributed by atoms with Gasteiger partial charge in [0.1, 0.15) is 0 Å². The van der Waals surface area contributed by atoms with Crippen LogP contribution in [0.1, 0.15) is 40.0 Å². The van der Waals surface area contributed by atoms with Gasteiger partial charge in [0.15, 0.2) is 0 Å². The normalized spacial score (nSPS) is 26.9. The minimum absolute atomic E-state index is 0.236. The van der Waals surface area contributed by atoms with Gasteiger partial charge in [-0.3, -0.25) is 9.69 Å². The van der Waals surface area contributed by atoms with Gasteiger partial charge < -0.3 is 9.80 Å². The number of hydrogen-bond donors (Lipinski definition) is 0. The molecule has 4 heteroatoms. The minimum Gasteiger partial charge on any atom is -0.340 e. The maximum absolute atomic E-state index is 11.5. The van der Waals surface area contributed by atoms with Crippen molar-refractivity contribution < 1.29 is 4.79 Å². The Bertz CT molecular complexity index is 313. The Kier molecular flexibility index (Phi) is 5.85. The summed E-state index contributed by atoms with van der Waals surface area (Å²) in [6, 6.07) is 0.567. The van der Waals surface area contributed by atoms with E-state index in [1.807, 2.05) is 4.90 Å². The van der Waals surface area contributed by atoms with Gasteiger partial charge in [0.2, 0.25) is 5.91 Å². The first kappa shape index (κ1) is 15.8. The molecule has 0 radical (unpaired) electrons. The molecule has 4 nitrogen and oxygen atoms in total. The number of nitrogens with zero attached hydrogens (tertiary/aromatic N) is 3. The Balaban J connectivity index is 1.82. The SMILES string of the molecule is CC[C@@H]1CN(C(C)=O)CCN1CC1CCN(CC)CC1. The van der Waals surface area contributed by atoms with Gasteiger partial charge in [0, 0.05) is 39.1 Å². The largest absolute Gasteiger partial charge is 0.340 e. The number of carbonyl (C=O) groups is 1. The molecule has 2 heterocycles. The van der Waals surface area contributed by atoms with Crippen LogP contribution in [-0.2, 0) is 4.79 Å². The van der Waals surface area contributed by atoms with E-state index in [1.54, 1.807) is 6.92 Å². The average molecular weight is 281 g/mol. The third-order valence-electron chi connectivity index (χ3n) is 5.17. The molecule has 20 heavy (non-hydrogen) atoms. The smallest absolute Gasteiger partial charge is 0.219 e. The van der Waals surface area contributed by atoms with E-state index in [9.17, 15) is 4.79 Å². The van der Waals surface area contributed by atoms with Crippen LogP contribution in [0, 0.1) is 5.92 Å². The summed E-state index contributed by atoms with van der Waals surface area (Å²) >= 11 is 0. The van der Waals surface area contributed by atoms with Crippen molar-refractivity contribution in [1.29, 1.82) is 0 Å². The topological polar surface area (TPSA) is 26.8 Å². The maximum Gasteiger partial charge on any atom is 0.219 e. The second-order valence-electron chi connectivity index (χ2n) is 6.40. The molecule has 0 aromatic rings. The first-order chi connectivity index (χ1) is 9.63. The molecular weight excluding hydrogens is 250 g/mol. The quantitative estimate of drug-likeness (QED) is 0.784. The van der Waals surface area contributed by atoms with Crippen LogP contribution in [0.3, 0.4) is 0 Å². The molecular formula is C16H31N3O. The number of piperazine rings is 1. The highest BCUT2D eigenvalue weighted by Crippen LogP contribution is 2.21. The van der Waals surface area contributed by atoms with Gasteiger partial charge in [-0.2, -0.15) is 0 Å². The first-order valence-corrected chi connectivity index (χ1v) is 8.35. The predicted octanol–water partition coefficient (Wildman–Crippen LogP) is 1.66. The lowest BCUT2D eigenvalue weighted by Gasteiger charge is -2.43. The van der Waals surface area contributed by atoms with Crippen molar-refractivity contribution in [3.63, 3.8) is 0 Å². The van der Waals surface area contributed by atoms with E-state index in [4.69, 9.17) is 0 Å². The number of amides is 1. The summed E-state index contributed by atoms with van der Waals surface area (Å²) in [5.74, 6) is 1.09. The van der Waals surface area contributed by atoms with Gasteiger partial charge in [0.25, 0.3) is 0 Å². The molecule has 0 spiro atoms. The summed E-state index contributed by atoms with van der Waals surface area (Å²) in [6.07, 6.45) is 3.84. The molecule has 0 aromatic heterocycles. The Morgan fingerprint density at radius 2 is 1.80 bits per heavy atom. The van der Waals surface area contributed by atoms with Crippen LogP contribution < -0.4 is 0 Å². The van der Waals surface area contributed by atoms with E-state index in [-0.39, 0.29) is 5.91 Å². The Morgan fingerprint density at radius 1 is 1.10 bits per heavy atom. The van der Waals surface area contributed by atoms with Crippen LogP contribution >= 0.6 is 0 Å². The number of likely N-dealkylation sites (tertiary alicyclic amines) is 1. The predicted molar refractivity (Wildman–Crippen MR) is 82.7 cm³/mol. The van der Waals surface area contributed by atoms with Crippen molar-refractivity contribution in [3.8, 4) is 0 Å². The molecule has 116 valence electrons. The molecule has 2 aliphatic rings. The summed E-state index contributed by atoms with van der Waals surface area (Å²) in [4.78, 5) is 18.7. The minimum atomic E-state index is 0.236. The Morgan fingerprint density at radius 3 is 2.35 bits per heavy atom. The molecule has 2 fully saturated rings. The lowest BCUT2D eigenvalue weighted by atomic mass is 9.94. The molecule has 2 aliphatic heterocycles. The fourth-order valence-corrected chi connectivity index (χ4v) is 3.62. The lowest BCUT2D eigenvalue weighted by molar-refractivity contribution is -0.132. The summed E-state index contributed by atoms with van der Waals surface area (Å²) < 4.78 is 0. The highest BCUT2D eigenvalue weighted by atomic mass is 16.2. The van der Waals surface area contributed by atoms with E-state index >= 15 is 0 Å². The maximum atomic E-state index is 11.5. The average Bonchev–Trinajstić information content (AvgIpc) is 2.48. The van der Waals surface area contributed by atoms with E-state index in [0.29, 0.717) is 6.04 Å². The molecule has 1 atom stereocenters. The molecule has 0 aromatic carbocycles. The van der Waals surface area contributed by atoms with E-state index in [2.05, 4.69) is 23.6 Å². The first-order valence-electron chi connectivity index (χ1n) is 8.35. The highest BCUT2D eigenvalue weighted by Gasteiger charge is 2.29. The van der Waals surface area contributed by atoms with Gasteiger partial charge in [-0.05, 0) is 44.8 Å². The zero-order valence-electron chi connectivity index (χ0n) is 13.5. The fourth-order valence-electron chi connectivity index (χ4n) is 3.62. The molecule has 0 saturated carbocycles. The second kappa shape index (κ2) is 7.41. The number of carbonyl (C=O) groups excluding carboxylic acids is 1. The van der Waals surface area contributed by atoms with Gasteiger partial charge >= 0.3 is 0 Å². The van der Waals surface area contributed by atoms with Crippen LogP contribution in [0.5, 0.6) is 0 Å². The van der Waals surface area contributed by atoms with Gasteiger partial charge in [-0.1, -0.05) is 13.8 Å². The molecule has 0 aliphatic carbocycles. The van der Waals surface area contributed by atoms with E-state index < -0.39 is 0 Å². The lowest BCUT2D eigenvalue weighted by Crippen LogP contribution is -2.55. The zero-order chi connectivity index (χ0) is 14.5. The van der Waals surface area contributed by atoms with Crippen molar-refractivity contribution in [1.82, 2.24) is 14.7 Å². The van der Waals surface area contributed by atoms with Crippen LogP contribution in [0.25, 0.3) is 0 Å². The van der Waals surface area contributed by atoms with Crippen molar-refractivity contribution in [2.45, 2.75) is 46.1 Å². The van der Waals surface area contributed by atoms with Crippen LogP contribution in [0.4, 0.5) is 0 Å². The van der Waals surface area contributed by atoms with Gasteiger partial charge in [-0.25, -0.2) is 0 Å². The third kappa shape index (κ3) is 3.95. The number of rotatable bonds is 4. The Labute approximate surface area is 124 Å². The number of hydrogen-bond acceptors (Lipinski definition) is 3. The van der Waals surface area contributed by atoms with Gasteiger partial charge in [0.05, 0.1) is 0 Å². The van der Waals surface area contributed by atoms with Crippen LogP contribution in [-0.4, -0.2) is 72.5 Å². The molecule has 0 bridgehead atoms. The van der Waals surface area contributed by atoms with Crippen molar-refractivity contribution in [2.75, 3.05) is 45.8 Å². The van der Waals surface area contributed by atoms with Crippen molar-refractivity contribution in [3.05, 3.63) is 0 Å². The highest BCUT2D eigenvalue weighted by molar-refractivity contribution is 5.73. The summed E-state index contributed by atoms with van der Waals surface area (Å²) in [5.41, 5.74) is 0. The molecule has 0 N–H and O–H groups in total. The zero-order valence-corrected chi connectivity index (χ0v) is 13.5. The molecule has 2 saturated heterocycles. The van der Waals surface area contributed by atoms with Crippen LogP contribution in [0.15, 0.2) is 0 Å². The molecule has 2 rings (SSSR count). The summed E-state index contributed by atoms with van der Waals surface area (Å²) in [7, 11) is 0. The van der Waals surface area contributed by atoms with E-state index in [1.165, 1.54) is 39.0 Å². The van der Waals surface area contributed by atoms with Crippen molar-refractivity contribution in [2.24, 2.45) is 5.92 Å². The van der Waals surface area contributed by atoms with Crippen molar-refractivity contribution >= 4 is 5.91 Å². The third-order valence-corrected chi connectivity index (χ3v) is 5.17.